The largest absolute Gasteiger partial charge is 0.385 e. The highest BCUT2D eigenvalue weighted by Crippen LogP contribution is 2.48. The van der Waals surface area contributed by atoms with Crippen molar-refractivity contribution in [1.82, 2.24) is 10.6 Å². The van der Waals surface area contributed by atoms with Crippen LogP contribution >= 0.6 is 0 Å². The summed E-state index contributed by atoms with van der Waals surface area (Å²) in [6, 6.07) is 9.95. The molecule has 2 rings (SSSR count). The molecule has 1 saturated carbocycles. The van der Waals surface area contributed by atoms with Gasteiger partial charge in [-0.1, -0.05) is 30.3 Å². The van der Waals surface area contributed by atoms with Crippen molar-refractivity contribution >= 4 is 5.91 Å². The fraction of sp³-hybridized carbons (Fsp3) is 0.562. The van der Waals surface area contributed by atoms with Gasteiger partial charge in [-0.25, -0.2) is 0 Å². The van der Waals surface area contributed by atoms with Crippen molar-refractivity contribution in [3.8, 4) is 0 Å². The van der Waals surface area contributed by atoms with E-state index in [4.69, 9.17) is 4.74 Å². The molecule has 1 fully saturated rings. The van der Waals surface area contributed by atoms with E-state index in [-0.39, 0.29) is 5.91 Å². The molecule has 0 bridgehead atoms. The summed E-state index contributed by atoms with van der Waals surface area (Å²) < 4.78 is 5.13. The summed E-state index contributed by atoms with van der Waals surface area (Å²) in [5.41, 5.74) is 1.51. The maximum Gasteiger partial charge on any atom is 0.234 e. The molecule has 4 nitrogen and oxygen atoms in total. The molecule has 1 amide bonds. The number of methoxy groups -OCH3 is 1. The van der Waals surface area contributed by atoms with E-state index in [0.717, 1.165) is 25.1 Å². The van der Waals surface area contributed by atoms with Gasteiger partial charge in [0, 0.05) is 26.8 Å². The van der Waals surface area contributed by atoms with Crippen LogP contribution in [0.2, 0.25) is 0 Å². The number of carbonyl (C=O) groups excluding carboxylic acids is 1. The van der Waals surface area contributed by atoms with Gasteiger partial charge in [-0.2, -0.15) is 0 Å². The van der Waals surface area contributed by atoms with Crippen LogP contribution in [0.4, 0.5) is 0 Å². The van der Waals surface area contributed by atoms with Crippen molar-refractivity contribution in [2.75, 3.05) is 26.8 Å². The number of hydrogen-bond acceptors (Lipinski definition) is 3. The predicted molar refractivity (Wildman–Crippen MR) is 79.3 cm³/mol. The zero-order valence-electron chi connectivity index (χ0n) is 12.2. The zero-order chi connectivity index (χ0) is 14.3. The van der Waals surface area contributed by atoms with E-state index in [0.29, 0.717) is 18.5 Å². The number of hydrogen-bond donors (Lipinski definition) is 2. The van der Waals surface area contributed by atoms with Crippen molar-refractivity contribution < 1.29 is 9.53 Å². The molecule has 110 valence electrons. The second-order valence-electron chi connectivity index (χ2n) is 5.61. The highest BCUT2D eigenvalue weighted by Gasteiger charge is 2.41. The third kappa shape index (κ3) is 4.94. The second kappa shape index (κ2) is 7.41. The molecule has 1 aliphatic rings. The lowest BCUT2D eigenvalue weighted by Gasteiger charge is -2.15. The molecule has 0 heterocycles. The van der Waals surface area contributed by atoms with Crippen LogP contribution in [0.1, 0.15) is 24.8 Å². The number of carbonyl (C=O) groups is 1. The highest BCUT2D eigenvalue weighted by atomic mass is 16.5. The standard InChI is InChI=1S/C16H24N2O2/c1-20-10-9-16(7-8-16)13-17-12-15(19)18-11-14-5-3-2-4-6-14/h2-6,17H,7-13H2,1H3,(H,18,19). The van der Waals surface area contributed by atoms with Gasteiger partial charge in [0.2, 0.25) is 5.91 Å². The van der Waals surface area contributed by atoms with E-state index in [1.165, 1.54) is 12.8 Å². The van der Waals surface area contributed by atoms with Gasteiger partial charge in [0.05, 0.1) is 6.54 Å². The molecule has 2 N–H and O–H groups in total. The first kappa shape index (κ1) is 15.0. The van der Waals surface area contributed by atoms with Crippen LogP contribution in [0.3, 0.4) is 0 Å². The van der Waals surface area contributed by atoms with Crippen LogP contribution < -0.4 is 10.6 Å². The third-order valence-corrected chi connectivity index (χ3v) is 3.91. The van der Waals surface area contributed by atoms with Crippen LogP contribution in [0.25, 0.3) is 0 Å². The third-order valence-electron chi connectivity index (χ3n) is 3.91. The molecule has 0 aromatic heterocycles. The van der Waals surface area contributed by atoms with Gasteiger partial charge in [-0.3, -0.25) is 4.79 Å². The van der Waals surface area contributed by atoms with Gasteiger partial charge >= 0.3 is 0 Å². The Morgan fingerprint density at radius 3 is 2.70 bits per heavy atom. The fourth-order valence-corrected chi connectivity index (χ4v) is 2.31. The molecule has 1 aliphatic carbocycles. The lowest BCUT2D eigenvalue weighted by molar-refractivity contribution is -0.120. The zero-order valence-corrected chi connectivity index (χ0v) is 12.2. The van der Waals surface area contributed by atoms with E-state index >= 15 is 0 Å². The first-order valence-electron chi connectivity index (χ1n) is 7.24. The molecule has 4 heteroatoms. The molecule has 0 radical (unpaired) electrons. The minimum absolute atomic E-state index is 0.0522. The summed E-state index contributed by atoms with van der Waals surface area (Å²) in [4.78, 5) is 11.7. The quantitative estimate of drug-likeness (QED) is 0.722. The summed E-state index contributed by atoms with van der Waals surface area (Å²) in [5.74, 6) is 0.0522. The molecule has 0 atom stereocenters. The Bertz CT molecular complexity index is 416. The predicted octanol–water partition coefficient (Wildman–Crippen LogP) is 1.71. The Labute approximate surface area is 120 Å². The van der Waals surface area contributed by atoms with Crippen LogP contribution in [0.15, 0.2) is 30.3 Å². The topological polar surface area (TPSA) is 50.4 Å². The molecule has 0 aliphatic heterocycles. The SMILES string of the molecule is COCCC1(CNCC(=O)NCc2ccccc2)CC1. The van der Waals surface area contributed by atoms with E-state index in [1.54, 1.807) is 7.11 Å². The van der Waals surface area contributed by atoms with Crippen LogP contribution in [0.5, 0.6) is 0 Å². The van der Waals surface area contributed by atoms with E-state index < -0.39 is 0 Å². The van der Waals surface area contributed by atoms with Gasteiger partial charge in [0.1, 0.15) is 0 Å². The normalized spacial score (nSPS) is 15.8. The van der Waals surface area contributed by atoms with Crippen molar-refractivity contribution in [2.24, 2.45) is 5.41 Å². The van der Waals surface area contributed by atoms with Crippen LogP contribution in [-0.2, 0) is 16.1 Å². The molecule has 0 spiro atoms. The van der Waals surface area contributed by atoms with Crippen LogP contribution in [0, 0.1) is 5.41 Å². The van der Waals surface area contributed by atoms with Crippen molar-refractivity contribution in [3.05, 3.63) is 35.9 Å². The number of nitrogens with one attached hydrogen (secondary N) is 2. The van der Waals surface area contributed by atoms with Crippen molar-refractivity contribution in [3.63, 3.8) is 0 Å². The summed E-state index contributed by atoms with van der Waals surface area (Å²) in [6.45, 7) is 2.70. The van der Waals surface area contributed by atoms with Gasteiger partial charge < -0.3 is 15.4 Å². The first-order valence-corrected chi connectivity index (χ1v) is 7.24. The van der Waals surface area contributed by atoms with Gasteiger partial charge in [0.25, 0.3) is 0 Å². The van der Waals surface area contributed by atoms with Gasteiger partial charge in [-0.05, 0) is 30.2 Å². The Morgan fingerprint density at radius 1 is 1.30 bits per heavy atom. The summed E-state index contributed by atoms with van der Waals surface area (Å²) in [7, 11) is 1.74. The molecular formula is C16H24N2O2. The summed E-state index contributed by atoms with van der Waals surface area (Å²) in [5, 5.41) is 6.19. The fourth-order valence-electron chi connectivity index (χ4n) is 2.31. The van der Waals surface area contributed by atoms with E-state index in [1.807, 2.05) is 30.3 Å². The van der Waals surface area contributed by atoms with E-state index in [9.17, 15) is 4.79 Å². The molecule has 1 aromatic carbocycles. The Kier molecular flexibility index (Phi) is 5.56. The highest BCUT2D eigenvalue weighted by molar-refractivity contribution is 5.77. The second-order valence-corrected chi connectivity index (χ2v) is 5.61. The average Bonchev–Trinajstić information content (AvgIpc) is 3.24. The number of ether oxygens (including phenoxy) is 1. The summed E-state index contributed by atoms with van der Waals surface area (Å²) >= 11 is 0. The van der Waals surface area contributed by atoms with Gasteiger partial charge in [-0.15, -0.1) is 0 Å². The number of amides is 1. The summed E-state index contributed by atoms with van der Waals surface area (Å²) in [6.07, 6.45) is 3.58. The number of benzene rings is 1. The van der Waals surface area contributed by atoms with E-state index in [2.05, 4.69) is 10.6 Å². The monoisotopic (exact) mass is 276 g/mol. The van der Waals surface area contributed by atoms with Gasteiger partial charge in [0.15, 0.2) is 0 Å². The Balaban J connectivity index is 1.59. The first-order chi connectivity index (χ1) is 9.74. The maximum absolute atomic E-state index is 11.7. The van der Waals surface area contributed by atoms with Crippen molar-refractivity contribution in [2.45, 2.75) is 25.8 Å². The molecular weight excluding hydrogens is 252 g/mol. The Morgan fingerprint density at radius 2 is 2.05 bits per heavy atom. The van der Waals surface area contributed by atoms with Crippen molar-refractivity contribution in [1.29, 1.82) is 0 Å². The minimum atomic E-state index is 0.0522. The maximum atomic E-state index is 11.7. The Hall–Kier alpha value is -1.39. The lowest BCUT2D eigenvalue weighted by Crippen LogP contribution is -2.36. The molecule has 1 aromatic rings. The molecule has 20 heavy (non-hydrogen) atoms. The smallest absolute Gasteiger partial charge is 0.234 e. The average molecular weight is 276 g/mol. The molecule has 0 saturated heterocycles. The lowest BCUT2D eigenvalue weighted by atomic mass is 10.0. The number of rotatable bonds is 9. The molecule has 0 unspecified atom stereocenters. The van der Waals surface area contributed by atoms with Crippen LogP contribution in [-0.4, -0.2) is 32.7 Å². The minimum Gasteiger partial charge on any atom is -0.385 e.